The molecule has 9 heteroatoms. The van der Waals surface area contributed by atoms with Crippen molar-refractivity contribution in [2.45, 2.75) is 37.6 Å². The van der Waals surface area contributed by atoms with Crippen LogP contribution in [-0.4, -0.2) is 63.5 Å². The highest BCUT2D eigenvalue weighted by Gasteiger charge is 2.53. The molecule has 3 aromatic carbocycles. The van der Waals surface area contributed by atoms with E-state index >= 15 is 0 Å². The molecular weight excluding hydrogens is 545 g/mol. The van der Waals surface area contributed by atoms with Crippen LogP contribution < -0.4 is 5.32 Å². The third-order valence-corrected chi connectivity index (χ3v) is 7.83. The van der Waals surface area contributed by atoms with E-state index in [2.05, 4.69) is 17.8 Å². The smallest absolute Gasteiger partial charge is 0.333 e. The zero-order chi connectivity index (χ0) is 30.3. The van der Waals surface area contributed by atoms with Crippen molar-refractivity contribution in [1.82, 2.24) is 25.1 Å². The minimum absolute atomic E-state index is 0.0244. The molecule has 3 atom stereocenters. The van der Waals surface area contributed by atoms with Gasteiger partial charge in [0, 0.05) is 6.54 Å². The number of benzene rings is 3. The molecule has 0 aromatic heterocycles. The van der Waals surface area contributed by atoms with E-state index in [-0.39, 0.29) is 43.8 Å². The fraction of sp³-hybridized carbons (Fsp3) is 0.265. The first-order chi connectivity index (χ1) is 20.9. The van der Waals surface area contributed by atoms with E-state index in [1.165, 1.54) is 22.0 Å². The van der Waals surface area contributed by atoms with Gasteiger partial charge in [0.1, 0.15) is 18.0 Å². The molecule has 2 heterocycles. The van der Waals surface area contributed by atoms with E-state index in [4.69, 9.17) is 6.42 Å². The lowest BCUT2D eigenvalue weighted by molar-refractivity contribution is -0.192. The number of hydrogen-bond acceptors (Lipinski definition) is 4. The Morgan fingerprint density at radius 3 is 2.37 bits per heavy atom. The summed E-state index contributed by atoms with van der Waals surface area (Å²) in [4.78, 5) is 45.3. The predicted octanol–water partition coefficient (Wildman–Crippen LogP) is 4.65. The molecule has 1 N–H and O–H groups in total. The minimum atomic E-state index is -0.975. The van der Waals surface area contributed by atoms with Crippen molar-refractivity contribution < 1.29 is 18.8 Å². The largest absolute Gasteiger partial charge is 0.334 e. The van der Waals surface area contributed by atoms with Crippen LogP contribution in [0, 0.1) is 18.2 Å². The van der Waals surface area contributed by atoms with Crippen molar-refractivity contribution >= 4 is 17.8 Å². The normalized spacial score (nSPS) is 19.4. The average Bonchev–Trinajstić information content (AvgIpc) is 3.02. The maximum atomic E-state index is 14.4. The number of nitrogens with one attached hydrogen (secondary N) is 1. The van der Waals surface area contributed by atoms with Gasteiger partial charge >= 0.3 is 6.03 Å². The number of fused-ring (bicyclic) bond motifs is 1. The van der Waals surface area contributed by atoms with E-state index in [1.807, 2.05) is 48.5 Å². The number of piperazine rings is 1. The van der Waals surface area contributed by atoms with Crippen LogP contribution in [0.1, 0.15) is 41.6 Å². The lowest BCUT2D eigenvalue weighted by atomic mass is 9.93. The third-order valence-electron chi connectivity index (χ3n) is 7.83. The quantitative estimate of drug-likeness (QED) is 0.296. The number of hydrogen-bond donors (Lipinski definition) is 1. The van der Waals surface area contributed by atoms with Crippen LogP contribution in [-0.2, 0) is 16.1 Å². The summed E-state index contributed by atoms with van der Waals surface area (Å²) < 4.78 is 13.9. The second kappa shape index (κ2) is 13.4. The number of rotatable bonds is 9. The molecule has 1 unspecified atom stereocenters. The molecule has 2 aliphatic heterocycles. The lowest BCUT2D eigenvalue weighted by Crippen LogP contribution is -2.74. The Balaban J connectivity index is 1.58. The van der Waals surface area contributed by atoms with Gasteiger partial charge in [0.15, 0.2) is 0 Å². The standard InChI is InChI=1S/C34H34FN5O3/c1-3-5-16-29(26-17-19-28(35)20-18-26)38-23-30-39(32(33(38)42)27-14-10-7-11-15-27)31(41)24-37(21-4-2)40(30)34(43)36-22-25-12-8-6-9-13-25/h2-3,6-15,17-20,29-30,32H,1,5,16,21-24H2,(H,36,43)/t29?,30-,32-/m0/s1. The summed E-state index contributed by atoms with van der Waals surface area (Å²) in [6.07, 6.45) is 7.73. The van der Waals surface area contributed by atoms with Gasteiger partial charge in [0.25, 0.3) is 5.91 Å². The maximum Gasteiger partial charge on any atom is 0.334 e. The molecule has 0 radical (unpaired) electrons. The van der Waals surface area contributed by atoms with Crippen molar-refractivity contribution in [1.29, 1.82) is 0 Å². The molecule has 2 saturated heterocycles. The highest BCUT2D eigenvalue weighted by molar-refractivity contribution is 5.92. The van der Waals surface area contributed by atoms with Gasteiger partial charge in [-0.15, -0.1) is 13.0 Å². The van der Waals surface area contributed by atoms with Crippen LogP contribution in [0.3, 0.4) is 0 Å². The number of allylic oxidation sites excluding steroid dienone is 1. The van der Waals surface area contributed by atoms with Crippen LogP contribution >= 0.6 is 0 Å². The summed E-state index contributed by atoms with van der Waals surface area (Å²) >= 11 is 0. The molecule has 2 aliphatic rings. The zero-order valence-electron chi connectivity index (χ0n) is 23.8. The SMILES string of the molecule is C#CCN1CC(=O)N2[C@@H](c3ccccc3)C(=O)N(C(CCC=C)c3ccc(F)cc3)C[C@@H]2N1C(=O)NCc1ccccc1. The molecule has 2 fully saturated rings. The summed E-state index contributed by atoms with van der Waals surface area (Å²) in [6.45, 7) is 4.02. The molecule has 8 nitrogen and oxygen atoms in total. The Labute approximate surface area is 251 Å². The fourth-order valence-electron chi connectivity index (χ4n) is 5.85. The van der Waals surface area contributed by atoms with Crippen LogP contribution in [0.4, 0.5) is 9.18 Å². The summed E-state index contributed by atoms with van der Waals surface area (Å²) in [6, 6.07) is 22.8. The van der Waals surface area contributed by atoms with Gasteiger partial charge in [0.2, 0.25) is 5.91 Å². The molecule has 0 bridgehead atoms. The highest BCUT2D eigenvalue weighted by Crippen LogP contribution is 2.39. The van der Waals surface area contributed by atoms with E-state index in [0.717, 1.165) is 11.1 Å². The first-order valence-corrected chi connectivity index (χ1v) is 14.2. The summed E-state index contributed by atoms with van der Waals surface area (Å²) in [5.74, 6) is 1.60. The van der Waals surface area contributed by atoms with E-state index in [9.17, 15) is 18.8 Å². The number of nitrogens with zero attached hydrogens (tertiary/aromatic N) is 4. The van der Waals surface area contributed by atoms with Crippen molar-refractivity contribution in [2.75, 3.05) is 19.6 Å². The van der Waals surface area contributed by atoms with Crippen LogP contribution in [0.5, 0.6) is 0 Å². The maximum absolute atomic E-state index is 14.4. The molecule has 4 amide bonds. The van der Waals surface area contributed by atoms with Crippen molar-refractivity contribution in [3.05, 3.63) is 120 Å². The first-order valence-electron chi connectivity index (χ1n) is 14.2. The predicted molar refractivity (Wildman–Crippen MR) is 161 cm³/mol. The Bertz CT molecular complexity index is 1490. The number of carbonyl (C=O) groups excluding carboxylic acids is 3. The Morgan fingerprint density at radius 2 is 1.72 bits per heavy atom. The first kappa shape index (κ1) is 29.5. The van der Waals surface area contributed by atoms with Gasteiger partial charge in [0.05, 0.1) is 25.7 Å². The molecular formula is C34H34FN5O3. The average molecular weight is 580 g/mol. The monoisotopic (exact) mass is 579 g/mol. The molecule has 220 valence electrons. The number of halogens is 1. The summed E-state index contributed by atoms with van der Waals surface area (Å²) in [7, 11) is 0. The zero-order valence-corrected chi connectivity index (χ0v) is 23.8. The van der Waals surface area contributed by atoms with Gasteiger partial charge in [-0.2, -0.15) is 5.01 Å². The molecule has 43 heavy (non-hydrogen) atoms. The summed E-state index contributed by atoms with van der Waals surface area (Å²) in [5, 5.41) is 6.00. The van der Waals surface area contributed by atoms with Crippen LogP contribution in [0.2, 0.25) is 0 Å². The molecule has 0 aliphatic carbocycles. The van der Waals surface area contributed by atoms with Crippen LogP contribution in [0.25, 0.3) is 0 Å². The van der Waals surface area contributed by atoms with Crippen molar-refractivity contribution in [3.63, 3.8) is 0 Å². The number of carbonyl (C=O) groups is 3. The van der Waals surface area contributed by atoms with Gasteiger partial charge < -0.3 is 15.1 Å². The number of amides is 4. The summed E-state index contributed by atoms with van der Waals surface area (Å²) in [5.41, 5.74) is 2.29. The second-order valence-electron chi connectivity index (χ2n) is 10.5. The Morgan fingerprint density at radius 1 is 1.05 bits per heavy atom. The number of terminal acetylenes is 1. The fourth-order valence-corrected chi connectivity index (χ4v) is 5.85. The number of urea groups is 1. The Hall–Kier alpha value is -4.94. The second-order valence-corrected chi connectivity index (χ2v) is 10.5. The van der Waals surface area contributed by atoms with Crippen LogP contribution in [0.15, 0.2) is 97.6 Å². The van der Waals surface area contributed by atoms with E-state index in [0.29, 0.717) is 18.4 Å². The third kappa shape index (κ3) is 6.30. The van der Waals surface area contributed by atoms with Crippen molar-refractivity contribution in [3.8, 4) is 12.3 Å². The number of hydrazine groups is 1. The Kier molecular flexibility index (Phi) is 9.18. The molecule has 5 rings (SSSR count). The lowest BCUT2D eigenvalue weighted by Gasteiger charge is -2.56. The minimum Gasteiger partial charge on any atom is -0.333 e. The van der Waals surface area contributed by atoms with Gasteiger partial charge in [-0.3, -0.25) is 9.59 Å². The van der Waals surface area contributed by atoms with E-state index < -0.39 is 24.3 Å². The topological polar surface area (TPSA) is 76.2 Å². The molecule has 0 saturated carbocycles. The van der Waals surface area contributed by atoms with Gasteiger partial charge in [-0.25, -0.2) is 14.2 Å². The van der Waals surface area contributed by atoms with Gasteiger partial charge in [-0.1, -0.05) is 84.8 Å². The molecule has 0 spiro atoms. The van der Waals surface area contributed by atoms with Crippen molar-refractivity contribution in [2.24, 2.45) is 0 Å². The van der Waals surface area contributed by atoms with Gasteiger partial charge in [-0.05, 0) is 41.7 Å². The highest BCUT2D eigenvalue weighted by atomic mass is 19.1. The van der Waals surface area contributed by atoms with E-state index in [1.54, 1.807) is 40.3 Å². The molecule has 3 aromatic rings.